The van der Waals surface area contributed by atoms with Gasteiger partial charge in [-0.25, -0.2) is 0 Å². The normalized spacial score (nSPS) is 17.5. The summed E-state index contributed by atoms with van der Waals surface area (Å²) < 4.78 is 5.78. The van der Waals surface area contributed by atoms with Crippen molar-refractivity contribution >= 4 is 17.4 Å². The van der Waals surface area contributed by atoms with Gasteiger partial charge in [-0.15, -0.1) is 0 Å². The second kappa shape index (κ2) is 5.26. The second-order valence-electron chi connectivity index (χ2n) is 4.21. The third-order valence-corrected chi connectivity index (χ3v) is 7.41. The van der Waals surface area contributed by atoms with Crippen LogP contribution in [0.4, 0.5) is 0 Å². The molecule has 0 aliphatic rings. The first-order valence-corrected chi connectivity index (χ1v) is 10.0. The molecule has 0 saturated heterocycles. The standard InChI is InChI=1S/C8H21O3Si2/c1-7(9)6-8(10)13(4,5)11-12(2)3/h7-10H,6H2,1-5H3. The first-order valence-electron chi connectivity index (χ1n) is 4.61. The minimum absolute atomic E-state index is 0.425. The van der Waals surface area contributed by atoms with Gasteiger partial charge >= 0.3 is 0 Å². The molecular formula is C8H21O3Si2. The second-order valence-corrected chi connectivity index (χ2v) is 10.7. The Hall–Kier alpha value is 0.314. The summed E-state index contributed by atoms with van der Waals surface area (Å²) >= 11 is 0. The summed E-state index contributed by atoms with van der Waals surface area (Å²) in [7, 11) is -2.74. The molecule has 2 N–H and O–H groups in total. The Labute approximate surface area is 83.6 Å². The maximum atomic E-state index is 9.79. The molecule has 0 aliphatic carbocycles. The van der Waals surface area contributed by atoms with Gasteiger partial charge in [0, 0.05) is 0 Å². The van der Waals surface area contributed by atoms with E-state index in [-0.39, 0.29) is 0 Å². The van der Waals surface area contributed by atoms with E-state index in [0.29, 0.717) is 6.42 Å². The van der Waals surface area contributed by atoms with E-state index in [2.05, 4.69) is 13.1 Å². The van der Waals surface area contributed by atoms with Crippen LogP contribution in [0.15, 0.2) is 0 Å². The summed E-state index contributed by atoms with van der Waals surface area (Å²) in [4.78, 5) is 0. The van der Waals surface area contributed by atoms with Gasteiger partial charge in [0.15, 0.2) is 9.04 Å². The Kier molecular flexibility index (Phi) is 5.38. The number of aliphatic hydroxyl groups excluding tert-OH is 2. The molecule has 0 aromatic rings. The zero-order valence-corrected chi connectivity index (χ0v) is 11.2. The van der Waals surface area contributed by atoms with Crippen molar-refractivity contribution in [3.63, 3.8) is 0 Å². The molecule has 0 fully saturated rings. The van der Waals surface area contributed by atoms with Crippen molar-refractivity contribution in [2.45, 2.75) is 51.4 Å². The molecule has 79 valence electrons. The Morgan fingerprint density at radius 3 is 2.08 bits per heavy atom. The zero-order chi connectivity index (χ0) is 10.6. The van der Waals surface area contributed by atoms with Gasteiger partial charge in [0.2, 0.25) is 8.32 Å². The Morgan fingerprint density at radius 2 is 1.77 bits per heavy atom. The summed E-state index contributed by atoms with van der Waals surface area (Å²) in [6.07, 6.45) is -0.0243. The van der Waals surface area contributed by atoms with E-state index in [4.69, 9.17) is 9.22 Å². The molecule has 0 aliphatic heterocycles. The highest BCUT2D eigenvalue weighted by molar-refractivity contribution is 6.78. The SMILES string of the molecule is CC(O)CC(O)[Si](C)(C)O[Si](C)C. The number of hydrogen-bond donors (Lipinski definition) is 2. The highest BCUT2D eigenvalue weighted by Crippen LogP contribution is 2.15. The molecule has 2 unspecified atom stereocenters. The largest absolute Gasteiger partial charge is 0.454 e. The maximum Gasteiger partial charge on any atom is 0.202 e. The average Bonchev–Trinajstić information content (AvgIpc) is 1.81. The zero-order valence-electron chi connectivity index (χ0n) is 9.16. The lowest BCUT2D eigenvalue weighted by Gasteiger charge is -2.31. The molecule has 0 aromatic heterocycles. The van der Waals surface area contributed by atoms with Crippen molar-refractivity contribution in [1.29, 1.82) is 0 Å². The van der Waals surface area contributed by atoms with Crippen molar-refractivity contribution in [3.8, 4) is 0 Å². The van der Waals surface area contributed by atoms with Gasteiger partial charge in [0.1, 0.15) is 0 Å². The van der Waals surface area contributed by atoms with Crippen LogP contribution < -0.4 is 0 Å². The molecular weight excluding hydrogens is 200 g/mol. The summed E-state index contributed by atoms with van der Waals surface area (Å²) in [6.45, 7) is 9.82. The van der Waals surface area contributed by atoms with Crippen LogP contribution in [0, 0.1) is 0 Å². The van der Waals surface area contributed by atoms with Crippen LogP contribution in [0.25, 0.3) is 0 Å². The van der Waals surface area contributed by atoms with E-state index in [1.807, 2.05) is 13.1 Å². The van der Waals surface area contributed by atoms with Crippen LogP contribution in [0.3, 0.4) is 0 Å². The molecule has 1 radical (unpaired) electrons. The fraction of sp³-hybridized carbons (Fsp3) is 1.00. The van der Waals surface area contributed by atoms with Crippen molar-refractivity contribution in [2.75, 3.05) is 0 Å². The smallest absolute Gasteiger partial charge is 0.202 e. The monoisotopic (exact) mass is 221 g/mol. The predicted octanol–water partition coefficient (Wildman–Crippen LogP) is 1.13. The van der Waals surface area contributed by atoms with Crippen molar-refractivity contribution in [1.82, 2.24) is 0 Å². The lowest BCUT2D eigenvalue weighted by molar-refractivity contribution is 0.119. The van der Waals surface area contributed by atoms with E-state index in [0.717, 1.165) is 0 Å². The Balaban J connectivity index is 4.10. The minimum Gasteiger partial charge on any atom is -0.454 e. The van der Waals surface area contributed by atoms with Crippen LogP contribution in [0.1, 0.15) is 13.3 Å². The van der Waals surface area contributed by atoms with Gasteiger partial charge in [-0.3, -0.25) is 0 Å². The van der Waals surface area contributed by atoms with Gasteiger partial charge in [-0.1, -0.05) is 0 Å². The van der Waals surface area contributed by atoms with Crippen LogP contribution in [0.5, 0.6) is 0 Å². The molecule has 0 heterocycles. The quantitative estimate of drug-likeness (QED) is 0.684. The molecule has 0 bridgehead atoms. The number of aliphatic hydroxyl groups is 2. The lowest BCUT2D eigenvalue weighted by Crippen LogP contribution is -2.48. The highest BCUT2D eigenvalue weighted by Gasteiger charge is 2.33. The van der Waals surface area contributed by atoms with Crippen LogP contribution in [0.2, 0.25) is 26.2 Å². The van der Waals surface area contributed by atoms with Gasteiger partial charge in [0.05, 0.1) is 11.8 Å². The summed E-state index contributed by atoms with van der Waals surface area (Å²) in [5, 5.41) is 18.9. The first-order chi connectivity index (χ1) is 5.75. The molecule has 5 heteroatoms. The van der Waals surface area contributed by atoms with Crippen LogP contribution in [-0.2, 0) is 4.12 Å². The van der Waals surface area contributed by atoms with Crippen LogP contribution in [-0.4, -0.2) is 39.4 Å². The summed E-state index contributed by atoms with van der Waals surface area (Å²) in [5.74, 6) is 0. The Morgan fingerprint density at radius 1 is 1.31 bits per heavy atom. The van der Waals surface area contributed by atoms with Gasteiger partial charge in [-0.05, 0) is 39.5 Å². The molecule has 0 rings (SSSR count). The molecule has 13 heavy (non-hydrogen) atoms. The van der Waals surface area contributed by atoms with Crippen molar-refractivity contribution < 1.29 is 14.3 Å². The third-order valence-electron chi connectivity index (χ3n) is 1.83. The van der Waals surface area contributed by atoms with Gasteiger partial charge in [-0.2, -0.15) is 0 Å². The predicted molar refractivity (Wildman–Crippen MR) is 58.4 cm³/mol. The average molecular weight is 221 g/mol. The molecule has 2 atom stereocenters. The lowest BCUT2D eigenvalue weighted by atomic mass is 10.3. The molecule has 0 aromatic carbocycles. The van der Waals surface area contributed by atoms with E-state index in [9.17, 15) is 5.11 Å². The molecule has 0 spiro atoms. The maximum absolute atomic E-state index is 9.79. The fourth-order valence-electron chi connectivity index (χ4n) is 1.20. The van der Waals surface area contributed by atoms with Crippen LogP contribution >= 0.6 is 0 Å². The van der Waals surface area contributed by atoms with E-state index >= 15 is 0 Å². The fourth-order valence-corrected chi connectivity index (χ4v) is 6.86. The molecule has 3 nitrogen and oxygen atoms in total. The first kappa shape index (κ1) is 13.3. The van der Waals surface area contributed by atoms with Crippen molar-refractivity contribution in [3.05, 3.63) is 0 Å². The van der Waals surface area contributed by atoms with E-state index in [1.165, 1.54) is 0 Å². The highest BCUT2D eigenvalue weighted by atomic mass is 28.4. The summed E-state index contributed by atoms with van der Waals surface area (Å²) in [6, 6.07) is 0. The third kappa shape index (κ3) is 5.59. The minimum atomic E-state index is -1.99. The van der Waals surface area contributed by atoms with Gasteiger partial charge < -0.3 is 14.3 Å². The Bertz CT molecular complexity index is 148. The van der Waals surface area contributed by atoms with Gasteiger partial charge in [0.25, 0.3) is 0 Å². The summed E-state index contributed by atoms with van der Waals surface area (Å²) in [5.41, 5.74) is -0.465. The number of rotatable bonds is 5. The van der Waals surface area contributed by atoms with Crippen molar-refractivity contribution in [2.24, 2.45) is 0 Å². The number of hydrogen-bond acceptors (Lipinski definition) is 3. The molecule has 0 saturated carbocycles. The molecule has 0 amide bonds. The van der Waals surface area contributed by atoms with E-state index in [1.54, 1.807) is 6.92 Å². The van der Waals surface area contributed by atoms with E-state index < -0.39 is 29.2 Å². The topological polar surface area (TPSA) is 49.7 Å².